The number of halogens is 1. The lowest BCUT2D eigenvalue weighted by Crippen LogP contribution is -2.09. The van der Waals surface area contributed by atoms with Gasteiger partial charge in [0.05, 0.1) is 17.8 Å². The number of fused-ring (bicyclic) bond motifs is 1. The number of aliphatic carboxylic acids is 1. The fraction of sp³-hybridized carbons (Fsp3) is 0.381. The van der Waals surface area contributed by atoms with Crippen molar-refractivity contribution in [3.63, 3.8) is 0 Å². The van der Waals surface area contributed by atoms with Gasteiger partial charge >= 0.3 is 5.97 Å². The summed E-state index contributed by atoms with van der Waals surface area (Å²) in [5.41, 5.74) is 5.75. The van der Waals surface area contributed by atoms with Gasteiger partial charge in [-0.3, -0.25) is 9.78 Å². The molecule has 0 fully saturated rings. The zero-order valence-electron chi connectivity index (χ0n) is 15.9. The zero-order valence-corrected chi connectivity index (χ0v) is 17.4. The smallest absolute Gasteiger partial charge is 0.303 e. The minimum atomic E-state index is -0.764. The molecule has 0 saturated heterocycles. The molecule has 0 saturated carbocycles. The molecule has 28 heavy (non-hydrogen) atoms. The van der Waals surface area contributed by atoms with E-state index in [2.05, 4.69) is 40.0 Å². The number of hydrogen-bond acceptors (Lipinski definition) is 4. The molecular formula is C21H24BrN3O3. The van der Waals surface area contributed by atoms with Gasteiger partial charge in [-0.25, -0.2) is 4.52 Å². The highest BCUT2D eigenvalue weighted by molar-refractivity contribution is 9.10. The lowest BCUT2D eigenvalue weighted by Gasteiger charge is -2.16. The average Bonchev–Trinajstić information content (AvgIpc) is 3.09. The fourth-order valence-electron chi connectivity index (χ4n) is 3.55. The summed E-state index contributed by atoms with van der Waals surface area (Å²) in [5.74, 6) is -0.764. The molecule has 3 rings (SSSR count). The van der Waals surface area contributed by atoms with E-state index in [4.69, 9.17) is 10.2 Å². The Labute approximate surface area is 172 Å². The number of carboxylic acid groups (broad SMARTS) is 1. The Hall–Kier alpha value is -2.25. The number of aliphatic hydroxyl groups excluding tert-OH is 1. The highest BCUT2D eigenvalue weighted by Gasteiger charge is 2.18. The Morgan fingerprint density at radius 1 is 1.21 bits per heavy atom. The van der Waals surface area contributed by atoms with Gasteiger partial charge in [-0.2, -0.15) is 5.10 Å². The predicted molar refractivity (Wildman–Crippen MR) is 111 cm³/mol. The van der Waals surface area contributed by atoms with Crippen LogP contribution in [0, 0.1) is 0 Å². The molecule has 0 amide bonds. The van der Waals surface area contributed by atoms with E-state index < -0.39 is 5.97 Å². The van der Waals surface area contributed by atoms with Crippen LogP contribution in [-0.4, -0.2) is 30.8 Å². The van der Waals surface area contributed by atoms with Crippen molar-refractivity contribution < 1.29 is 15.0 Å². The van der Waals surface area contributed by atoms with E-state index in [1.165, 1.54) is 0 Å². The topological polar surface area (TPSA) is 87.7 Å². The number of aromatic nitrogens is 3. The van der Waals surface area contributed by atoms with Crippen molar-refractivity contribution >= 4 is 27.4 Å². The summed E-state index contributed by atoms with van der Waals surface area (Å²) in [6.07, 6.45) is 7.64. The van der Waals surface area contributed by atoms with Gasteiger partial charge in [0.15, 0.2) is 0 Å². The van der Waals surface area contributed by atoms with Crippen molar-refractivity contribution in [1.29, 1.82) is 0 Å². The van der Waals surface area contributed by atoms with Crippen LogP contribution < -0.4 is 0 Å². The molecule has 3 aromatic rings. The maximum atomic E-state index is 10.7. The van der Waals surface area contributed by atoms with E-state index >= 15 is 0 Å². The van der Waals surface area contributed by atoms with Crippen molar-refractivity contribution in [2.45, 2.75) is 52.1 Å². The first-order valence-electron chi connectivity index (χ1n) is 9.51. The summed E-state index contributed by atoms with van der Waals surface area (Å²) in [6.45, 7) is 1.94. The predicted octanol–water partition coefficient (Wildman–Crippen LogP) is 4.40. The van der Waals surface area contributed by atoms with Crippen LogP contribution in [0.15, 0.2) is 35.1 Å². The van der Waals surface area contributed by atoms with Crippen molar-refractivity contribution in [3.8, 4) is 11.1 Å². The highest BCUT2D eigenvalue weighted by Crippen LogP contribution is 2.33. The third kappa shape index (κ3) is 4.42. The van der Waals surface area contributed by atoms with E-state index in [-0.39, 0.29) is 13.0 Å². The average molecular weight is 446 g/mol. The molecule has 148 valence electrons. The minimum absolute atomic E-state index is 0.143. The molecule has 0 unspecified atom stereocenters. The molecule has 0 radical (unpaired) electrons. The van der Waals surface area contributed by atoms with Crippen LogP contribution in [0.3, 0.4) is 0 Å². The van der Waals surface area contributed by atoms with Crippen LogP contribution in [0.25, 0.3) is 16.6 Å². The summed E-state index contributed by atoms with van der Waals surface area (Å²) in [4.78, 5) is 15.0. The molecule has 0 spiro atoms. The number of nitrogens with zero attached hydrogens (tertiary/aromatic N) is 3. The molecule has 0 bridgehead atoms. The van der Waals surface area contributed by atoms with Gasteiger partial charge < -0.3 is 10.2 Å². The van der Waals surface area contributed by atoms with Crippen molar-refractivity contribution in [3.05, 3.63) is 52.0 Å². The molecule has 3 aromatic heterocycles. The number of carboxylic acids is 1. The maximum absolute atomic E-state index is 10.7. The van der Waals surface area contributed by atoms with E-state index in [0.29, 0.717) is 12.1 Å². The van der Waals surface area contributed by atoms with Gasteiger partial charge in [-0.05, 0) is 65.4 Å². The van der Waals surface area contributed by atoms with E-state index in [1.54, 1.807) is 6.20 Å². The molecular weight excluding hydrogens is 422 g/mol. The SMILES string of the molecule is CCc1ccc2c(-c3cncc(Br)c3)c(CCCCCC(=O)O)c(CO)nn12. The Kier molecular flexibility index (Phi) is 6.80. The largest absolute Gasteiger partial charge is 0.481 e. The number of carbonyl (C=O) groups is 1. The second-order valence-corrected chi connectivity index (χ2v) is 7.70. The van der Waals surface area contributed by atoms with Crippen molar-refractivity contribution in [2.24, 2.45) is 0 Å². The summed E-state index contributed by atoms with van der Waals surface area (Å²) >= 11 is 3.50. The van der Waals surface area contributed by atoms with Crippen LogP contribution in [0.2, 0.25) is 0 Å². The first kappa shape index (κ1) is 20.5. The highest BCUT2D eigenvalue weighted by atomic mass is 79.9. The van der Waals surface area contributed by atoms with E-state index in [0.717, 1.165) is 58.1 Å². The Balaban J connectivity index is 2.06. The van der Waals surface area contributed by atoms with Gasteiger partial charge in [-0.1, -0.05) is 13.3 Å². The number of aliphatic hydroxyl groups is 1. The minimum Gasteiger partial charge on any atom is -0.481 e. The van der Waals surface area contributed by atoms with Crippen molar-refractivity contribution in [2.75, 3.05) is 0 Å². The zero-order chi connectivity index (χ0) is 20.1. The lowest BCUT2D eigenvalue weighted by atomic mass is 9.95. The van der Waals surface area contributed by atoms with E-state index in [9.17, 15) is 9.90 Å². The summed E-state index contributed by atoms with van der Waals surface area (Å²) in [6, 6.07) is 6.15. The van der Waals surface area contributed by atoms with Crippen molar-refractivity contribution in [1.82, 2.24) is 14.6 Å². The first-order valence-corrected chi connectivity index (χ1v) is 10.3. The van der Waals surface area contributed by atoms with Crippen LogP contribution in [0.5, 0.6) is 0 Å². The second-order valence-electron chi connectivity index (χ2n) is 6.78. The standard InChI is InChI=1S/C21H24BrN3O3/c1-2-16-8-9-19-21(14-10-15(22)12-23-11-14)17(18(13-26)24-25(16)19)6-4-3-5-7-20(27)28/h8-12,26H,2-7,13H2,1H3,(H,27,28). The van der Waals surface area contributed by atoms with Crippen LogP contribution in [0.1, 0.15) is 49.6 Å². The summed E-state index contributed by atoms with van der Waals surface area (Å²) in [5, 5.41) is 23.5. The van der Waals surface area contributed by atoms with Crippen LogP contribution in [-0.2, 0) is 24.2 Å². The van der Waals surface area contributed by atoms with Gasteiger partial charge in [0.2, 0.25) is 0 Å². The second kappa shape index (κ2) is 9.30. The third-order valence-electron chi connectivity index (χ3n) is 4.88. The molecule has 6 nitrogen and oxygen atoms in total. The number of rotatable bonds is 9. The normalized spacial score (nSPS) is 11.2. The molecule has 0 aliphatic heterocycles. The molecule has 3 heterocycles. The summed E-state index contributed by atoms with van der Waals surface area (Å²) in [7, 11) is 0. The Morgan fingerprint density at radius 3 is 2.71 bits per heavy atom. The molecule has 0 aliphatic carbocycles. The number of hydrogen-bond donors (Lipinski definition) is 2. The molecule has 0 atom stereocenters. The molecule has 2 N–H and O–H groups in total. The molecule has 7 heteroatoms. The third-order valence-corrected chi connectivity index (χ3v) is 5.32. The lowest BCUT2D eigenvalue weighted by molar-refractivity contribution is -0.137. The van der Waals surface area contributed by atoms with Gasteiger partial charge in [0, 0.05) is 40.1 Å². The molecule has 0 aromatic carbocycles. The Bertz CT molecular complexity index is 984. The number of aryl methyl sites for hydroxylation is 1. The van der Waals surface area contributed by atoms with Crippen LogP contribution >= 0.6 is 15.9 Å². The first-order chi connectivity index (χ1) is 13.5. The van der Waals surface area contributed by atoms with Gasteiger partial charge in [0.1, 0.15) is 0 Å². The van der Waals surface area contributed by atoms with E-state index in [1.807, 2.05) is 16.8 Å². The van der Waals surface area contributed by atoms with Gasteiger partial charge in [-0.15, -0.1) is 0 Å². The Morgan fingerprint density at radius 2 is 2.04 bits per heavy atom. The number of pyridine rings is 1. The monoisotopic (exact) mass is 445 g/mol. The maximum Gasteiger partial charge on any atom is 0.303 e. The van der Waals surface area contributed by atoms with Crippen LogP contribution in [0.4, 0.5) is 0 Å². The fourth-order valence-corrected chi connectivity index (χ4v) is 3.91. The number of unbranched alkanes of at least 4 members (excludes halogenated alkanes) is 2. The molecule has 0 aliphatic rings. The summed E-state index contributed by atoms with van der Waals surface area (Å²) < 4.78 is 2.80. The quantitative estimate of drug-likeness (QED) is 0.476. The van der Waals surface area contributed by atoms with Gasteiger partial charge in [0.25, 0.3) is 0 Å².